The molecule has 1 fully saturated rings. The van der Waals surface area contributed by atoms with Crippen LogP contribution in [0.2, 0.25) is 0 Å². The molecule has 0 amide bonds. The number of hydrogen-bond acceptors (Lipinski definition) is 3. The van der Waals surface area contributed by atoms with E-state index in [1.807, 2.05) is 11.3 Å². The maximum absolute atomic E-state index is 5.77. The molecule has 0 bridgehead atoms. The lowest BCUT2D eigenvalue weighted by molar-refractivity contribution is -0.958. The molecule has 6 heteroatoms. The van der Waals surface area contributed by atoms with Crippen molar-refractivity contribution >= 4 is 23.6 Å². The van der Waals surface area contributed by atoms with Crippen LogP contribution in [0.3, 0.4) is 0 Å². The molecule has 1 aliphatic carbocycles. The Kier molecular flexibility index (Phi) is 3.87. The number of hydrogen-bond donors (Lipinski definition) is 1. The zero-order chi connectivity index (χ0) is 16.1. The molecule has 2 atom stereocenters. The smallest absolute Gasteiger partial charge is 0.202 e. The number of rotatable bonds is 3. The molecule has 0 spiro atoms. The molecule has 3 aliphatic rings. The Morgan fingerprint density at radius 1 is 1.25 bits per heavy atom. The monoisotopic (exact) mass is 361 g/mol. The second-order valence-electron chi connectivity index (χ2n) is 7.59. The van der Waals surface area contributed by atoms with Gasteiger partial charge in [0.15, 0.2) is 6.67 Å². The Morgan fingerprint density at radius 2 is 2.17 bits per heavy atom. The molecule has 2 aliphatic heterocycles. The molecule has 128 valence electrons. The average molecular weight is 362 g/mol. The van der Waals surface area contributed by atoms with Gasteiger partial charge in [0.2, 0.25) is 4.77 Å². The summed E-state index contributed by atoms with van der Waals surface area (Å²) in [4.78, 5) is 3.30. The molecule has 0 aromatic carbocycles. The van der Waals surface area contributed by atoms with Gasteiger partial charge in [0.1, 0.15) is 11.9 Å². The summed E-state index contributed by atoms with van der Waals surface area (Å²) in [7, 11) is 0. The van der Waals surface area contributed by atoms with Gasteiger partial charge in [-0.25, -0.2) is 0 Å². The van der Waals surface area contributed by atoms with Crippen LogP contribution in [0.15, 0.2) is 11.4 Å². The zero-order valence-corrected chi connectivity index (χ0v) is 15.7. The largest absolute Gasteiger partial charge is 0.310 e. The van der Waals surface area contributed by atoms with E-state index in [-0.39, 0.29) is 0 Å². The normalized spacial score (nSPS) is 26.7. The minimum atomic E-state index is 0.670. The van der Waals surface area contributed by atoms with Gasteiger partial charge >= 0.3 is 0 Å². The molecule has 1 unspecified atom stereocenters. The van der Waals surface area contributed by atoms with Crippen molar-refractivity contribution in [3.63, 3.8) is 0 Å². The second kappa shape index (κ2) is 6.07. The van der Waals surface area contributed by atoms with Crippen LogP contribution in [-0.4, -0.2) is 20.9 Å². The predicted molar refractivity (Wildman–Crippen MR) is 97.9 cm³/mol. The van der Waals surface area contributed by atoms with E-state index in [0.717, 1.165) is 30.3 Å². The molecular formula is C18H25N4S2+. The Bertz CT molecular complexity index is 798. The fourth-order valence-corrected chi connectivity index (χ4v) is 5.83. The lowest BCUT2D eigenvalue weighted by Crippen LogP contribution is -3.13. The van der Waals surface area contributed by atoms with Gasteiger partial charge in [-0.05, 0) is 49.3 Å². The Balaban J connectivity index is 1.44. The molecule has 24 heavy (non-hydrogen) atoms. The summed E-state index contributed by atoms with van der Waals surface area (Å²) in [6.45, 7) is 3.22. The van der Waals surface area contributed by atoms with Crippen molar-refractivity contribution in [1.82, 2.24) is 14.3 Å². The minimum Gasteiger partial charge on any atom is -0.310 e. The van der Waals surface area contributed by atoms with Crippen LogP contribution in [0, 0.1) is 10.7 Å². The SMILES string of the molecule is S=c1n(C[NH+]2CCc3sccc3[C@@H]2C2CC2)nc2n1CCCCC2. The highest BCUT2D eigenvalue weighted by Crippen LogP contribution is 2.42. The molecule has 2 aromatic rings. The summed E-state index contributed by atoms with van der Waals surface area (Å²) in [5.74, 6) is 2.09. The van der Waals surface area contributed by atoms with E-state index in [4.69, 9.17) is 17.3 Å². The van der Waals surface area contributed by atoms with Gasteiger partial charge in [-0.2, -0.15) is 9.78 Å². The van der Waals surface area contributed by atoms with Crippen LogP contribution >= 0.6 is 23.6 Å². The van der Waals surface area contributed by atoms with Crippen molar-refractivity contribution in [2.24, 2.45) is 5.92 Å². The van der Waals surface area contributed by atoms with Gasteiger partial charge in [0.25, 0.3) is 0 Å². The molecule has 4 heterocycles. The first-order valence-electron chi connectivity index (χ1n) is 9.38. The first-order chi connectivity index (χ1) is 11.8. The molecule has 4 nitrogen and oxygen atoms in total. The van der Waals surface area contributed by atoms with Crippen molar-refractivity contribution in [1.29, 1.82) is 0 Å². The highest BCUT2D eigenvalue weighted by Gasteiger charge is 2.43. The van der Waals surface area contributed by atoms with Crippen LogP contribution in [0.5, 0.6) is 0 Å². The number of aromatic nitrogens is 3. The molecule has 2 aromatic heterocycles. The first kappa shape index (κ1) is 15.3. The van der Waals surface area contributed by atoms with E-state index in [1.165, 1.54) is 50.9 Å². The fourth-order valence-electron chi connectivity index (χ4n) is 4.60. The van der Waals surface area contributed by atoms with Crippen LogP contribution in [0.25, 0.3) is 0 Å². The van der Waals surface area contributed by atoms with Crippen molar-refractivity contribution in [3.05, 3.63) is 32.5 Å². The van der Waals surface area contributed by atoms with Crippen molar-refractivity contribution in [2.75, 3.05) is 6.54 Å². The van der Waals surface area contributed by atoms with Crippen molar-refractivity contribution in [2.45, 2.75) is 64.2 Å². The highest BCUT2D eigenvalue weighted by atomic mass is 32.1. The molecule has 5 rings (SSSR count). The van der Waals surface area contributed by atoms with Crippen molar-refractivity contribution in [3.8, 4) is 0 Å². The van der Waals surface area contributed by atoms with E-state index in [1.54, 1.807) is 15.3 Å². The van der Waals surface area contributed by atoms with Gasteiger partial charge in [-0.3, -0.25) is 0 Å². The molecule has 0 radical (unpaired) electrons. The second-order valence-corrected chi connectivity index (χ2v) is 8.96. The van der Waals surface area contributed by atoms with E-state index in [9.17, 15) is 0 Å². The fraction of sp³-hybridized carbons (Fsp3) is 0.667. The Morgan fingerprint density at radius 3 is 3.04 bits per heavy atom. The lowest BCUT2D eigenvalue weighted by Gasteiger charge is -2.32. The van der Waals surface area contributed by atoms with Crippen LogP contribution in [-0.2, 0) is 26.1 Å². The summed E-state index contributed by atoms with van der Waals surface area (Å²) >= 11 is 7.72. The number of thiophene rings is 1. The third-order valence-electron chi connectivity index (χ3n) is 5.96. The van der Waals surface area contributed by atoms with Crippen LogP contribution in [0.4, 0.5) is 0 Å². The number of nitrogens with one attached hydrogen (secondary N) is 1. The summed E-state index contributed by atoms with van der Waals surface area (Å²) in [6, 6.07) is 3.05. The quantitative estimate of drug-likeness (QED) is 0.851. The maximum Gasteiger partial charge on any atom is 0.202 e. The van der Waals surface area contributed by atoms with E-state index >= 15 is 0 Å². The standard InChI is InChI=1S/C18H24N4S2/c23-18-21-9-3-1-2-4-16(21)19-22(18)12-20-10-7-15-14(8-11-24-15)17(20)13-5-6-13/h8,11,13,17H,1-7,9-10,12H2/p+1/t17-/m0/s1. The summed E-state index contributed by atoms with van der Waals surface area (Å²) in [5.41, 5.74) is 1.62. The average Bonchev–Trinajstić information content (AvgIpc) is 3.30. The van der Waals surface area contributed by atoms with Gasteiger partial charge in [-0.15, -0.1) is 11.3 Å². The predicted octanol–water partition coefficient (Wildman–Crippen LogP) is 2.75. The minimum absolute atomic E-state index is 0.670. The number of quaternary nitrogens is 1. The Hall–Kier alpha value is -0.980. The summed E-state index contributed by atoms with van der Waals surface area (Å²) in [6.07, 6.45) is 8.90. The zero-order valence-electron chi connectivity index (χ0n) is 14.0. The third-order valence-corrected chi connectivity index (χ3v) is 7.38. The number of nitrogens with zero attached hydrogens (tertiary/aromatic N) is 3. The lowest BCUT2D eigenvalue weighted by atomic mass is 9.96. The third kappa shape index (κ3) is 2.59. The summed E-state index contributed by atoms with van der Waals surface area (Å²) in [5, 5.41) is 7.20. The maximum atomic E-state index is 5.77. The topological polar surface area (TPSA) is 27.2 Å². The van der Waals surface area contributed by atoms with E-state index in [2.05, 4.69) is 20.7 Å². The van der Waals surface area contributed by atoms with Crippen LogP contribution in [0.1, 0.15) is 54.4 Å². The summed E-state index contributed by atoms with van der Waals surface area (Å²) < 4.78 is 5.39. The van der Waals surface area contributed by atoms with Crippen molar-refractivity contribution < 1.29 is 4.90 Å². The van der Waals surface area contributed by atoms with Gasteiger partial charge < -0.3 is 9.47 Å². The molecular weight excluding hydrogens is 336 g/mol. The van der Waals surface area contributed by atoms with Gasteiger partial charge in [0, 0.05) is 35.7 Å². The van der Waals surface area contributed by atoms with Gasteiger partial charge in [0.05, 0.1) is 6.54 Å². The first-order valence-corrected chi connectivity index (χ1v) is 10.7. The molecule has 1 saturated carbocycles. The molecule has 0 saturated heterocycles. The van der Waals surface area contributed by atoms with E-state index < -0.39 is 0 Å². The van der Waals surface area contributed by atoms with E-state index in [0.29, 0.717) is 6.04 Å². The number of fused-ring (bicyclic) bond motifs is 2. The highest BCUT2D eigenvalue weighted by molar-refractivity contribution is 7.71. The molecule has 1 N–H and O–H groups in total. The van der Waals surface area contributed by atoms with Gasteiger partial charge in [-0.1, -0.05) is 6.42 Å². The Labute approximate surface area is 152 Å². The number of aryl methyl sites for hydroxylation is 1. The van der Waals surface area contributed by atoms with Crippen LogP contribution < -0.4 is 4.90 Å².